The van der Waals surface area contributed by atoms with Crippen molar-refractivity contribution in [2.75, 3.05) is 13.6 Å². The van der Waals surface area contributed by atoms with E-state index in [0.717, 1.165) is 10.5 Å². The number of hydrogen-bond acceptors (Lipinski definition) is 2. The Labute approximate surface area is 92.8 Å². The molecule has 0 spiro atoms. The summed E-state index contributed by atoms with van der Waals surface area (Å²) in [7, 11) is 1.40. The van der Waals surface area contributed by atoms with E-state index in [1.807, 2.05) is 0 Å². The van der Waals surface area contributed by atoms with Crippen molar-refractivity contribution in [1.29, 1.82) is 0 Å². The molecule has 0 atom stereocenters. The molecule has 0 aliphatic rings. The summed E-state index contributed by atoms with van der Waals surface area (Å²) in [4.78, 5) is 23.4. The molecule has 0 unspecified atom stereocenters. The van der Waals surface area contributed by atoms with Gasteiger partial charge in [-0.1, -0.05) is 11.6 Å². The van der Waals surface area contributed by atoms with Gasteiger partial charge in [-0.3, -0.25) is 9.59 Å². The lowest BCUT2D eigenvalue weighted by molar-refractivity contribution is -0.118. The fourth-order valence-corrected chi connectivity index (χ4v) is 1.31. The van der Waals surface area contributed by atoms with Gasteiger partial charge in [0, 0.05) is 7.05 Å². The number of halogens is 1. The summed E-state index contributed by atoms with van der Waals surface area (Å²) in [5.41, 5.74) is 5.67. The molecular weight excluding hydrogens is 211 g/mol. The van der Waals surface area contributed by atoms with Crippen LogP contribution in [0.25, 0.3) is 0 Å². The Kier molecular flexibility index (Phi) is 3.60. The zero-order valence-electron chi connectivity index (χ0n) is 9.16. The van der Waals surface area contributed by atoms with E-state index in [2.05, 4.69) is 0 Å². The number of primary amides is 1. The van der Waals surface area contributed by atoms with Crippen LogP contribution < -0.4 is 5.73 Å². The third-order valence-corrected chi connectivity index (χ3v) is 2.09. The van der Waals surface area contributed by atoms with Gasteiger partial charge in [0.25, 0.3) is 5.91 Å². The Bertz CT molecular complexity index is 432. The van der Waals surface area contributed by atoms with Crippen LogP contribution in [0.2, 0.25) is 0 Å². The average molecular weight is 224 g/mol. The smallest absolute Gasteiger partial charge is 0.257 e. The number of nitrogens with two attached hydrogens (primary N) is 1. The van der Waals surface area contributed by atoms with E-state index < -0.39 is 17.6 Å². The predicted molar refractivity (Wildman–Crippen MR) is 57.3 cm³/mol. The molecule has 2 N–H and O–H groups in total. The second kappa shape index (κ2) is 4.74. The van der Waals surface area contributed by atoms with Gasteiger partial charge in [0.2, 0.25) is 5.91 Å². The third-order valence-electron chi connectivity index (χ3n) is 2.09. The topological polar surface area (TPSA) is 63.4 Å². The van der Waals surface area contributed by atoms with Crippen molar-refractivity contribution in [2.24, 2.45) is 5.73 Å². The van der Waals surface area contributed by atoms with Gasteiger partial charge < -0.3 is 10.6 Å². The molecule has 0 saturated carbocycles. The van der Waals surface area contributed by atoms with Crippen LogP contribution in [-0.2, 0) is 4.79 Å². The Morgan fingerprint density at radius 1 is 1.44 bits per heavy atom. The van der Waals surface area contributed by atoms with Crippen LogP contribution in [0, 0.1) is 12.7 Å². The van der Waals surface area contributed by atoms with Crippen LogP contribution in [0.5, 0.6) is 0 Å². The number of carbonyl (C=O) groups excluding carboxylic acids is 2. The molecule has 1 rings (SSSR count). The minimum absolute atomic E-state index is 0.0521. The Morgan fingerprint density at radius 3 is 2.62 bits per heavy atom. The Hall–Kier alpha value is -1.91. The zero-order valence-corrected chi connectivity index (χ0v) is 9.16. The fourth-order valence-electron chi connectivity index (χ4n) is 1.31. The number of hydrogen-bond donors (Lipinski definition) is 1. The van der Waals surface area contributed by atoms with Crippen LogP contribution >= 0.6 is 0 Å². The van der Waals surface area contributed by atoms with Crippen molar-refractivity contribution >= 4 is 11.8 Å². The van der Waals surface area contributed by atoms with Gasteiger partial charge in [-0.25, -0.2) is 4.39 Å². The summed E-state index contributed by atoms with van der Waals surface area (Å²) in [5.74, 6) is -1.80. The highest BCUT2D eigenvalue weighted by Crippen LogP contribution is 2.11. The lowest BCUT2D eigenvalue weighted by Crippen LogP contribution is -2.35. The lowest BCUT2D eigenvalue weighted by atomic mass is 10.1. The minimum atomic E-state index is -0.635. The average Bonchev–Trinajstić information content (AvgIpc) is 2.19. The van der Waals surface area contributed by atoms with E-state index in [9.17, 15) is 14.0 Å². The van der Waals surface area contributed by atoms with Gasteiger partial charge in [0.05, 0.1) is 12.1 Å². The van der Waals surface area contributed by atoms with E-state index in [1.165, 1.54) is 19.2 Å². The predicted octanol–water partition coefficient (Wildman–Crippen LogP) is 0.691. The number of amides is 2. The summed E-state index contributed by atoms with van der Waals surface area (Å²) >= 11 is 0. The van der Waals surface area contributed by atoms with E-state index in [0.29, 0.717) is 0 Å². The maximum atomic E-state index is 13.4. The van der Waals surface area contributed by atoms with Crippen molar-refractivity contribution in [2.45, 2.75) is 6.92 Å². The first-order valence-electron chi connectivity index (χ1n) is 4.71. The van der Waals surface area contributed by atoms with Gasteiger partial charge in [-0.15, -0.1) is 0 Å². The van der Waals surface area contributed by atoms with Crippen LogP contribution in [-0.4, -0.2) is 30.3 Å². The summed E-state index contributed by atoms with van der Waals surface area (Å²) in [6.45, 7) is 1.52. The lowest BCUT2D eigenvalue weighted by Gasteiger charge is -2.15. The molecule has 0 heterocycles. The minimum Gasteiger partial charge on any atom is -0.368 e. The van der Waals surface area contributed by atoms with Crippen molar-refractivity contribution in [3.8, 4) is 0 Å². The molecule has 0 radical (unpaired) electrons. The Morgan fingerprint density at radius 2 is 2.06 bits per heavy atom. The van der Waals surface area contributed by atoms with Crippen LogP contribution in [0.4, 0.5) is 4.39 Å². The molecule has 2 amide bonds. The molecule has 0 aromatic heterocycles. The first kappa shape index (κ1) is 12.2. The van der Waals surface area contributed by atoms with Crippen molar-refractivity contribution in [1.82, 2.24) is 4.90 Å². The van der Waals surface area contributed by atoms with Crippen molar-refractivity contribution in [3.63, 3.8) is 0 Å². The molecule has 0 fully saturated rings. The molecular formula is C11H13FN2O2. The molecule has 4 nitrogen and oxygen atoms in total. The maximum Gasteiger partial charge on any atom is 0.257 e. The molecule has 1 aromatic carbocycles. The molecule has 16 heavy (non-hydrogen) atoms. The number of likely N-dealkylation sites (N-methyl/N-ethyl adjacent to an activating group) is 1. The van der Waals surface area contributed by atoms with Gasteiger partial charge in [-0.2, -0.15) is 0 Å². The molecule has 86 valence electrons. The number of aryl methyl sites for hydroxylation is 1. The quantitative estimate of drug-likeness (QED) is 0.821. The van der Waals surface area contributed by atoms with Crippen LogP contribution in [0.3, 0.4) is 0 Å². The van der Waals surface area contributed by atoms with Crippen molar-refractivity contribution in [3.05, 3.63) is 35.1 Å². The summed E-state index contributed by atoms with van der Waals surface area (Å²) < 4.78 is 13.4. The van der Waals surface area contributed by atoms with Gasteiger partial charge >= 0.3 is 0 Å². The molecule has 1 aromatic rings. The highest BCUT2D eigenvalue weighted by molar-refractivity contribution is 5.96. The maximum absolute atomic E-state index is 13.4. The molecule has 0 saturated heterocycles. The number of carbonyl (C=O) groups is 2. The third kappa shape index (κ3) is 2.79. The summed E-state index contributed by atoms with van der Waals surface area (Å²) in [6, 6.07) is 4.23. The number of nitrogens with zero attached hydrogens (tertiary/aromatic N) is 1. The largest absolute Gasteiger partial charge is 0.368 e. The Balaban J connectivity index is 2.95. The van der Waals surface area contributed by atoms with Crippen molar-refractivity contribution < 1.29 is 14.0 Å². The van der Waals surface area contributed by atoms with E-state index in [1.54, 1.807) is 13.0 Å². The first-order chi connectivity index (χ1) is 7.41. The molecule has 0 aliphatic heterocycles. The van der Waals surface area contributed by atoms with Gasteiger partial charge in [0.1, 0.15) is 5.82 Å². The summed E-state index contributed by atoms with van der Waals surface area (Å²) in [6.07, 6.45) is 0. The zero-order chi connectivity index (χ0) is 12.3. The van der Waals surface area contributed by atoms with Crippen LogP contribution in [0.1, 0.15) is 15.9 Å². The second-order valence-corrected chi connectivity index (χ2v) is 3.61. The summed E-state index contributed by atoms with van der Waals surface area (Å²) in [5, 5.41) is 0. The molecule has 5 heteroatoms. The number of benzene rings is 1. The fraction of sp³-hybridized carbons (Fsp3) is 0.273. The van der Waals surface area contributed by atoms with E-state index in [-0.39, 0.29) is 12.1 Å². The van der Waals surface area contributed by atoms with Gasteiger partial charge in [-0.05, 0) is 19.1 Å². The highest BCUT2D eigenvalue weighted by Gasteiger charge is 2.17. The SMILES string of the molecule is Cc1ccc(F)c(C(=O)N(C)CC(N)=O)c1. The molecule has 0 aliphatic carbocycles. The normalized spacial score (nSPS) is 9.94. The van der Waals surface area contributed by atoms with E-state index >= 15 is 0 Å². The second-order valence-electron chi connectivity index (χ2n) is 3.61. The van der Waals surface area contributed by atoms with Crippen LogP contribution in [0.15, 0.2) is 18.2 Å². The monoisotopic (exact) mass is 224 g/mol. The van der Waals surface area contributed by atoms with Gasteiger partial charge in [0.15, 0.2) is 0 Å². The first-order valence-corrected chi connectivity index (χ1v) is 4.71. The highest BCUT2D eigenvalue weighted by atomic mass is 19.1. The van der Waals surface area contributed by atoms with E-state index in [4.69, 9.17) is 5.73 Å². The standard InChI is InChI=1S/C11H13FN2O2/c1-7-3-4-9(12)8(5-7)11(16)14(2)6-10(13)15/h3-5H,6H2,1-2H3,(H2,13,15). The molecule has 0 bridgehead atoms. The number of rotatable bonds is 3.